The molecule has 0 bridgehead atoms. The van der Waals surface area contributed by atoms with E-state index in [1.54, 1.807) is 0 Å². The van der Waals surface area contributed by atoms with Gasteiger partial charge in [-0.3, -0.25) is 0 Å². The highest BCUT2D eigenvalue weighted by Gasteiger charge is 2.03. The van der Waals surface area contributed by atoms with Gasteiger partial charge in [-0.05, 0) is 12.8 Å². The highest BCUT2D eigenvalue weighted by atomic mass is 16.6. The van der Waals surface area contributed by atoms with E-state index in [0.29, 0.717) is 13.0 Å². The first kappa shape index (κ1) is 16.5. The summed E-state index contributed by atoms with van der Waals surface area (Å²) in [6, 6.07) is 0. The van der Waals surface area contributed by atoms with E-state index in [4.69, 9.17) is 4.74 Å². The lowest BCUT2D eigenvalue weighted by atomic mass is 10.2. The van der Waals surface area contributed by atoms with E-state index in [9.17, 15) is 9.59 Å². The zero-order chi connectivity index (χ0) is 13.6. The summed E-state index contributed by atoms with van der Waals surface area (Å²) in [6.07, 6.45) is 4.32. The maximum Gasteiger partial charge on any atom is 0.452 e. The summed E-state index contributed by atoms with van der Waals surface area (Å²) in [5.74, 6) is 0. The number of carbonyl (C=O) groups excluding carboxylic acids is 2. The molecule has 0 rings (SSSR count). The number of azo groups is 1. The molecule has 0 spiro atoms. The van der Waals surface area contributed by atoms with E-state index in [0.717, 1.165) is 19.3 Å². The van der Waals surface area contributed by atoms with Gasteiger partial charge in [0, 0.05) is 0 Å². The van der Waals surface area contributed by atoms with Crippen LogP contribution in [0.2, 0.25) is 0 Å². The quantitative estimate of drug-likeness (QED) is 0.485. The molecule has 0 aromatic carbocycles. The van der Waals surface area contributed by atoms with Crippen molar-refractivity contribution in [3.8, 4) is 0 Å². The molecule has 0 heterocycles. The Hall–Kier alpha value is -1.46. The van der Waals surface area contributed by atoms with Crippen LogP contribution in [0, 0.1) is 0 Å². The fourth-order valence-corrected chi connectivity index (χ4v) is 1.19. The maximum absolute atomic E-state index is 11.0. The molecule has 0 fully saturated rings. The molecule has 6 nitrogen and oxygen atoms in total. The summed E-state index contributed by atoms with van der Waals surface area (Å²) in [5.41, 5.74) is 0. The van der Waals surface area contributed by atoms with E-state index < -0.39 is 12.2 Å². The normalized spacial score (nSPS) is 10.6. The molecule has 0 atom stereocenters. The second kappa shape index (κ2) is 12.0. The largest absolute Gasteiger partial charge is 0.452 e. The van der Waals surface area contributed by atoms with Crippen LogP contribution in [-0.2, 0) is 9.47 Å². The smallest absolute Gasteiger partial charge is 0.447 e. The van der Waals surface area contributed by atoms with Crippen LogP contribution in [0.25, 0.3) is 0 Å². The van der Waals surface area contributed by atoms with Crippen molar-refractivity contribution >= 4 is 12.2 Å². The SMILES string of the molecule is CCCCCCCOC(=O)/N=N/C(=O)OCCC. The number of hydrogen-bond donors (Lipinski definition) is 0. The van der Waals surface area contributed by atoms with Crippen LogP contribution in [0.5, 0.6) is 0 Å². The number of ether oxygens (including phenoxy) is 2. The third kappa shape index (κ3) is 11.0. The van der Waals surface area contributed by atoms with Crippen molar-refractivity contribution in [2.24, 2.45) is 10.2 Å². The third-order valence-electron chi connectivity index (χ3n) is 2.12. The van der Waals surface area contributed by atoms with E-state index >= 15 is 0 Å². The monoisotopic (exact) mass is 258 g/mol. The molecule has 0 unspecified atom stereocenters. The first-order valence-corrected chi connectivity index (χ1v) is 6.46. The fraction of sp³-hybridized carbons (Fsp3) is 0.833. The van der Waals surface area contributed by atoms with Crippen molar-refractivity contribution in [1.82, 2.24) is 0 Å². The van der Waals surface area contributed by atoms with Crippen LogP contribution in [0.15, 0.2) is 10.2 Å². The Bertz CT molecular complexity index is 267. The van der Waals surface area contributed by atoms with Crippen LogP contribution in [0.1, 0.15) is 52.4 Å². The van der Waals surface area contributed by atoms with Crippen molar-refractivity contribution in [1.29, 1.82) is 0 Å². The number of hydrogen-bond acceptors (Lipinski definition) is 4. The Kier molecular flexibility index (Phi) is 11.0. The number of nitrogens with zero attached hydrogens (tertiary/aromatic N) is 2. The fourth-order valence-electron chi connectivity index (χ4n) is 1.19. The predicted octanol–water partition coefficient (Wildman–Crippen LogP) is 4.09. The molecule has 0 aliphatic carbocycles. The summed E-state index contributed by atoms with van der Waals surface area (Å²) in [5, 5.41) is 6.18. The molecular weight excluding hydrogens is 236 g/mol. The van der Waals surface area contributed by atoms with Crippen LogP contribution in [0.3, 0.4) is 0 Å². The molecule has 2 amide bonds. The lowest BCUT2D eigenvalue weighted by molar-refractivity contribution is 0.145. The van der Waals surface area contributed by atoms with Crippen molar-refractivity contribution in [2.75, 3.05) is 13.2 Å². The zero-order valence-electron chi connectivity index (χ0n) is 11.2. The van der Waals surface area contributed by atoms with Gasteiger partial charge in [0.15, 0.2) is 0 Å². The minimum Gasteiger partial charge on any atom is -0.447 e. The van der Waals surface area contributed by atoms with Gasteiger partial charge in [-0.1, -0.05) is 49.8 Å². The van der Waals surface area contributed by atoms with Crippen molar-refractivity contribution in [3.63, 3.8) is 0 Å². The second-order valence-corrected chi connectivity index (χ2v) is 3.84. The first-order valence-electron chi connectivity index (χ1n) is 6.46. The molecule has 0 aromatic heterocycles. The Morgan fingerprint density at radius 1 is 0.778 bits per heavy atom. The summed E-state index contributed by atoms with van der Waals surface area (Å²) < 4.78 is 9.37. The molecule has 0 aliphatic heterocycles. The summed E-state index contributed by atoms with van der Waals surface area (Å²) in [7, 11) is 0. The minimum absolute atomic E-state index is 0.268. The summed E-state index contributed by atoms with van der Waals surface area (Å²) in [4.78, 5) is 21.9. The third-order valence-corrected chi connectivity index (χ3v) is 2.12. The molecular formula is C12H22N2O4. The Balaban J connectivity index is 3.52. The molecule has 0 N–H and O–H groups in total. The number of amides is 2. The van der Waals surface area contributed by atoms with Gasteiger partial charge in [0.1, 0.15) is 0 Å². The van der Waals surface area contributed by atoms with Crippen LogP contribution < -0.4 is 0 Å². The average molecular weight is 258 g/mol. The van der Waals surface area contributed by atoms with E-state index in [2.05, 4.69) is 21.9 Å². The summed E-state index contributed by atoms with van der Waals surface area (Å²) >= 11 is 0. The van der Waals surface area contributed by atoms with Crippen molar-refractivity contribution in [3.05, 3.63) is 0 Å². The Labute approximate surface area is 108 Å². The standard InChI is InChI=1S/C12H22N2O4/c1-3-5-6-7-8-10-18-12(16)14-13-11(15)17-9-4-2/h3-10H2,1-2H3/b14-13+. The number of unbranched alkanes of at least 4 members (excludes halogenated alkanes) is 4. The molecule has 18 heavy (non-hydrogen) atoms. The molecule has 104 valence electrons. The molecule has 0 saturated carbocycles. The van der Waals surface area contributed by atoms with E-state index in [1.165, 1.54) is 12.8 Å². The number of carbonyl (C=O) groups is 2. The maximum atomic E-state index is 11.0. The van der Waals surface area contributed by atoms with Crippen LogP contribution >= 0.6 is 0 Å². The van der Waals surface area contributed by atoms with Gasteiger partial charge in [-0.15, -0.1) is 0 Å². The van der Waals surface area contributed by atoms with Gasteiger partial charge in [0.05, 0.1) is 13.2 Å². The Morgan fingerprint density at radius 2 is 1.33 bits per heavy atom. The lowest BCUT2D eigenvalue weighted by Gasteiger charge is -2.00. The highest BCUT2D eigenvalue weighted by molar-refractivity contribution is 5.73. The van der Waals surface area contributed by atoms with E-state index in [-0.39, 0.29) is 6.61 Å². The topological polar surface area (TPSA) is 77.3 Å². The minimum atomic E-state index is -0.864. The van der Waals surface area contributed by atoms with Crippen molar-refractivity contribution < 1.29 is 19.1 Å². The molecule has 0 aromatic rings. The van der Waals surface area contributed by atoms with Crippen molar-refractivity contribution in [2.45, 2.75) is 52.4 Å². The average Bonchev–Trinajstić information content (AvgIpc) is 2.38. The van der Waals surface area contributed by atoms with Crippen LogP contribution in [0.4, 0.5) is 9.59 Å². The predicted molar refractivity (Wildman–Crippen MR) is 66.6 cm³/mol. The van der Waals surface area contributed by atoms with Gasteiger partial charge in [0.25, 0.3) is 0 Å². The molecule has 0 aliphatic rings. The van der Waals surface area contributed by atoms with Gasteiger partial charge >= 0.3 is 12.2 Å². The number of rotatable bonds is 8. The highest BCUT2D eigenvalue weighted by Crippen LogP contribution is 2.02. The molecule has 0 radical (unpaired) electrons. The van der Waals surface area contributed by atoms with Gasteiger partial charge in [-0.25, -0.2) is 9.59 Å². The van der Waals surface area contributed by atoms with Gasteiger partial charge in [0.2, 0.25) is 0 Å². The lowest BCUT2D eigenvalue weighted by Crippen LogP contribution is -2.03. The van der Waals surface area contributed by atoms with Gasteiger partial charge in [-0.2, -0.15) is 0 Å². The zero-order valence-corrected chi connectivity index (χ0v) is 11.2. The van der Waals surface area contributed by atoms with E-state index in [1.807, 2.05) is 6.92 Å². The van der Waals surface area contributed by atoms with Gasteiger partial charge < -0.3 is 9.47 Å². The molecule has 6 heteroatoms. The van der Waals surface area contributed by atoms with Crippen LogP contribution in [-0.4, -0.2) is 25.4 Å². The second-order valence-electron chi connectivity index (χ2n) is 3.84. The Morgan fingerprint density at radius 3 is 1.89 bits per heavy atom. The first-order chi connectivity index (χ1) is 8.70. The molecule has 0 saturated heterocycles. The summed E-state index contributed by atoms with van der Waals surface area (Å²) in [6.45, 7) is 4.57.